The maximum Gasteiger partial charge on any atom is 0.222 e. The summed E-state index contributed by atoms with van der Waals surface area (Å²) in [7, 11) is 0. The molecule has 0 radical (unpaired) electrons. The van der Waals surface area contributed by atoms with Crippen molar-refractivity contribution in [3.63, 3.8) is 0 Å². The molecule has 4 rings (SSSR count). The molecule has 1 aromatic carbocycles. The number of anilines is 1. The van der Waals surface area contributed by atoms with E-state index in [0.29, 0.717) is 6.42 Å². The van der Waals surface area contributed by atoms with Crippen molar-refractivity contribution in [3.8, 4) is 0 Å². The molecule has 7 heteroatoms. The second kappa shape index (κ2) is 10.2. The average molecular weight is 415 g/mol. The van der Waals surface area contributed by atoms with E-state index < -0.39 is 0 Å². The molecule has 156 valence electrons. The third kappa shape index (κ3) is 5.78. The van der Waals surface area contributed by atoms with Gasteiger partial charge in [-0.3, -0.25) is 9.69 Å². The molecule has 0 spiro atoms. The minimum absolute atomic E-state index is 0.285. The SMILES string of the molecule is O=C(CCCc1ccccc1)N1CCN(c2nc(CN3CCOCC3)cs2)CC1. The van der Waals surface area contributed by atoms with E-state index in [-0.39, 0.29) is 5.91 Å². The first-order valence-corrected chi connectivity index (χ1v) is 11.5. The number of thiazole rings is 1. The van der Waals surface area contributed by atoms with Crippen molar-refractivity contribution in [3.05, 3.63) is 47.0 Å². The fraction of sp³-hybridized carbons (Fsp3) is 0.545. The summed E-state index contributed by atoms with van der Waals surface area (Å²) in [6, 6.07) is 10.4. The van der Waals surface area contributed by atoms with Crippen LogP contribution in [0.3, 0.4) is 0 Å². The van der Waals surface area contributed by atoms with Crippen LogP contribution < -0.4 is 4.90 Å². The molecule has 2 saturated heterocycles. The highest BCUT2D eigenvalue weighted by atomic mass is 32.1. The molecule has 0 saturated carbocycles. The molecule has 0 unspecified atom stereocenters. The average Bonchev–Trinajstić information content (AvgIpc) is 3.24. The van der Waals surface area contributed by atoms with Gasteiger partial charge in [-0.25, -0.2) is 4.98 Å². The molecule has 0 N–H and O–H groups in total. The van der Waals surface area contributed by atoms with Crippen LogP contribution in [-0.2, 0) is 22.5 Å². The van der Waals surface area contributed by atoms with Gasteiger partial charge < -0.3 is 14.5 Å². The Kier molecular flexibility index (Phi) is 7.14. The Morgan fingerprint density at radius 3 is 2.55 bits per heavy atom. The number of aromatic nitrogens is 1. The van der Waals surface area contributed by atoms with Crippen molar-refractivity contribution < 1.29 is 9.53 Å². The van der Waals surface area contributed by atoms with Crippen molar-refractivity contribution in [2.24, 2.45) is 0 Å². The summed E-state index contributed by atoms with van der Waals surface area (Å²) in [6.45, 7) is 7.83. The molecule has 0 bridgehead atoms. The third-order valence-corrected chi connectivity index (χ3v) is 6.58. The van der Waals surface area contributed by atoms with Crippen LogP contribution in [0.5, 0.6) is 0 Å². The Morgan fingerprint density at radius 1 is 1.03 bits per heavy atom. The predicted molar refractivity (Wildman–Crippen MR) is 116 cm³/mol. The minimum atomic E-state index is 0.285. The van der Waals surface area contributed by atoms with Gasteiger partial charge in [-0.05, 0) is 18.4 Å². The highest BCUT2D eigenvalue weighted by Crippen LogP contribution is 2.23. The number of piperazine rings is 1. The summed E-state index contributed by atoms with van der Waals surface area (Å²) < 4.78 is 5.41. The lowest BCUT2D eigenvalue weighted by molar-refractivity contribution is -0.131. The van der Waals surface area contributed by atoms with Crippen LogP contribution in [0.15, 0.2) is 35.7 Å². The highest BCUT2D eigenvalue weighted by molar-refractivity contribution is 7.13. The molecule has 6 nitrogen and oxygen atoms in total. The standard InChI is InChI=1S/C22H30N4O2S/c27-21(8-4-7-19-5-2-1-3-6-19)25-9-11-26(12-10-25)22-23-20(18-29-22)17-24-13-15-28-16-14-24/h1-3,5-6,18H,4,7-17H2. The normalized spacial score (nSPS) is 18.2. The van der Waals surface area contributed by atoms with E-state index in [1.807, 2.05) is 11.0 Å². The van der Waals surface area contributed by atoms with E-state index in [9.17, 15) is 4.79 Å². The van der Waals surface area contributed by atoms with Gasteiger partial charge in [0.15, 0.2) is 5.13 Å². The molecule has 0 aliphatic carbocycles. The summed E-state index contributed by atoms with van der Waals surface area (Å²) in [5, 5.41) is 3.26. The smallest absolute Gasteiger partial charge is 0.222 e. The van der Waals surface area contributed by atoms with Gasteiger partial charge in [0.2, 0.25) is 5.91 Å². The number of ether oxygens (including phenoxy) is 1. The Bertz CT molecular complexity index is 768. The van der Waals surface area contributed by atoms with Crippen LogP contribution in [0.25, 0.3) is 0 Å². The van der Waals surface area contributed by atoms with Crippen molar-refractivity contribution in [1.82, 2.24) is 14.8 Å². The van der Waals surface area contributed by atoms with Gasteiger partial charge in [0.25, 0.3) is 0 Å². The number of carbonyl (C=O) groups is 1. The van der Waals surface area contributed by atoms with Crippen LogP contribution in [-0.4, -0.2) is 73.2 Å². The van der Waals surface area contributed by atoms with E-state index in [1.54, 1.807) is 11.3 Å². The van der Waals surface area contributed by atoms with Crippen LogP contribution in [0, 0.1) is 0 Å². The molecule has 2 aromatic rings. The Balaban J connectivity index is 1.19. The van der Waals surface area contributed by atoms with E-state index in [2.05, 4.69) is 39.4 Å². The summed E-state index contributed by atoms with van der Waals surface area (Å²) >= 11 is 1.72. The Labute approximate surface area is 177 Å². The van der Waals surface area contributed by atoms with Crippen LogP contribution in [0.4, 0.5) is 5.13 Å². The van der Waals surface area contributed by atoms with E-state index in [4.69, 9.17) is 9.72 Å². The number of carbonyl (C=O) groups excluding carboxylic acids is 1. The fourth-order valence-corrected chi connectivity index (χ4v) is 4.77. The van der Waals surface area contributed by atoms with Gasteiger partial charge in [0, 0.05) is 57.6 Å². The number of benzene rings is 1. The molecule has 2 aliphatic rings. The zero-order chi connectivity index (χ0) is 19.9. The number of nitrogens with zero attached hydrogens (tertiary/aromatic N) is 4. The zero-order valence-corrected chi connectivity index (χ0v) is 17.8. The van der Waals surface area contributed by atoms with Crippen molar-refractivity contribution in [2.45, 2.75) is 25.8 Å². The zero-order valence-electron chi connectivity index (χ0n) is 17.0. The first kappa shape index (κ1) is 20.3. The molecule has 1 aromatic heterocycles. The molecule has 0 atom stereocenters. The van der Waals surface area contributed by atoms with Crippen molar-refractivity contribution in [2.75, 3.05) is 57.4 Å². The maximum absolute atomic E-state index is 12.5. The van der Waals surface area contributed by atoms with Crippen LogP contribution in [0.1, 0.15) is 24.1 Å². The first-order chi connectivity index (χ1) is 14.3. The summed E-state index contributed by atoms with van der Waals surface area (Å²) in [5.41, 5.74) is 2.45. The summed E-state index contributed by atoms with van der Waals surface area (Å²) in [5.74, 6) is 0.285. The molecule has 1 amide bonds. The van der Waals surface area contributed by atoms with Crippen molar-refractivity contribution in [1.29, 1.82) is 0 Å². The predicted octanol–water partition coefficient (Wildman–Crippen LogP) is 2.65. The quantitative estimate of drug-likeness (QED) is 0.697. The van der Waals surface area contributed by atoms with Gasteiger partial charge >= 0.3 is 0 Å². The monoisotopic (exact) mass is 414 g/mol. The van der Waals surface area contributed by atoms with Gasteiger partial charge in [0.1, 0.15) is 0 Å². The molecule has 3 heterocycles. The lowest BCUT2D eigenvalue weighted by Gasteiger charge is -2.34. The van der Waals surface area contributed by atoms with E-state index in [0.717, 1.165) is 82.7 Å². The van der Waals surface area contributed by atoms with Crippen molar-refractivity contribution >= 4 is 22.4 Å². The number of amides is 1. The number of rotatable bonds is 7. The Morgan fingerprint density at radius 2 is 1.79 bits per heavy atom. The fourth-order valence-electron chi connectivity index (χ4n) is 3.90. The van der Waals surface area contributed by atoms with Gasteiger partial charge in [-0.2, -0.15) is 0 Å². The largest absolute Gasteiger partial charge is 0.379 e. The number of hydrogen-bond acceptors (Lipinski definition) is 6. The molecule has 29 heavy (non-hydrogen) atoms. The molecular weight excluding hydrogens is 384 g/mol. The lowest BCUT2D eigenvalue weighted by atomic mass is 10.1. The lowest BCUT2D eigenvalue weighted by Crippen LogP contribution is -2.48. The number of morpholine rings is 1. The second-order valence-electron chi connectivity index (χ2n) is 7.72. The van der Waals surface area contributed by atoms with Crippen LogP contribution in [0.2, 0.25) is 0 Å². The maximum atomic E-state index is 12.5. The minimum Gasteiger partial charge on any atom is -0.379 e. The molecule has 2 fully saturated rings. The number of hydrogen-bond donors (Lipinski definition) is 0. The highest BCUT2D eigenvalue weighted by Gasteiger charge is 2.23. The van der Waals surface area contributed by atoms with Gasteiger partial charge in [-0.15, -0.1) is 11.3 Å². The summed E-state index contributed by atoms with van der Waals surface area (Å²) in [4.78, 5) is 24.1. The second-order valence-corrected chi connectivity index (χ2v) is 8.55. The molecule has 2 aliphatic heterocycles. The first-order valence-electron chi connectivity index (χ1n) is 10.6. The summed E-state index contributed by atoms with van der Waals surface area (Å²) in [6.07, 6.45) is 2.52. The van der Waals surface area contributed by atoms with Gasteiger partial charge in [-0.1, -0.05) is 30.3 Å². The molecular formula is C22H30N4O2S. The van der Waals surface area contributed by atoms with Crippen LogP contribution >= 0.6 is 11.3 Å². The van der Waals surface area contributed by atoms with E-state index >= 15 is 0 Å². The number of aryl methyl sites for hydroxylation is 1. The van der Waals surface area contributed by atoms with Gasteiger partial charge in [0.05, 0.1) is 18.9 Å². The Hall–Kier alpha value is -1.96. The third-order valence-electron chi connectivity index (χ3n) is 5.63. The van der Waals surface area contributed by atoms with E-state index in [1.165, 1.54) is 5.56 Å². The topological polar surface area (TPSA) is 48.9 Å².